The third-order valence-corrected chi connectivity index (χ3v) is 4.69. The minimum absolute atomic E-state index is 0.270. The number of benzene rings is 3. The molecule has 4 rings (SSSR count). The standard InChI is InChI=1S/C24H21FN4O3/c1-3-32-24-27-22(16-6-14-21(31-2)15-7-16)29(28-24)20-12-10-19(11-13-20)26-23(30)17-4-8-18(25)9-5-17/h4-15H,3H2,1-2H3,(H,26,30). The molecule has 0 aliphatic heterocycles. The number of anilines is 1. The number of aromatic nitrogens is 3. The molecule has 0 atom stereocenters. The second-order valence-corrected chi connectivity index (χ2v) is 6.80. The van der Waals surface area contributed by atoms with Crippen LogP contribution in [0.25, 0.3) is 17.1 Å². The minimum Gasteiger partial charge on any atom is -0.497 e. The minimum atomic E-state index is -0.391. The van der Waals surface area contributed by atoms with Crippen molar-refractivity contribution < 1.29 is 18.7 Å². The summed E-state index contributed by atoms with van der Waals surface area (Å²) in [6.07, 6.45) is 0. The molecule has 1 heterocycles. The van der Waals surface area contributed by atoms with E-state index in [2.05, 4.69) is 15.4 Å². The largest absolute Gasteiger partial charge is 0.497 e. The second kappa shape index (κ2) is 9.30. The number of carbonyl (C=O) groups excluding carboxylic acids is 1. The second-order valence-electron chi connectivity index (χ2n) is 6.80. The zero-order chi connectivity index (χ0) is 22.5. The molecule has 4 aromatic rings. The average molecular weight is 432 g/mol. The molecule has 0 aliphatic carbocycles. The zero-order valence-corrected chi connectivity index (χ0v) is 17.6. The maximum atomic E-state index is 13.1. The van der Waals surface area contributed by atoms with Crippen LogP contribution in [-0.2, 0) is 0 Å². The Hall–Kier alpha value is -4.20. The Morgan fingerprint density at radius 3 is 2.31 bits per heavy atom. The number of rotatable bonds is 7. The summed E-state index contributed by atoms with van der Waals surface area (Å²) in [6, 6.07) is 20.3. The summed E-state index contributed by atoms with van der Waals surface area (Å²) in [7, 11) is 1.61. The maximum Gasteiger partial charge on any atom is 0.336 e. The third-order valence-electron chi connectivity index (χ3n) is 4.69. The molecule has 7 nitrogen and oxygen atoms in total. The Balaban J connectivity index is 1.60. The Bertz CT molecular complexity index is 1200. The van der Waals surface area contributed by atoms with Crippen molar-refractivity contribution in [3.63, 3.8) is 0 Å². The first kappa shape index (κ1) is 21.0. The Morgan fingerprint density at radius 1 is 1.00 bits per heavy atom. The van der Waals surface area contributed by atoms with Crippen molar-refractivity contribution >= 4 is 11.6 Å². The van der Waals surface area contributed by atoms with Gasteiger partial charge in [-0.1, -0.05) is 0 Å². The van der Waals surface area contributed by atoms with Gasteiger partial charge >= 0.3 is 6.01 Å². The molecule has 0 unspecified atom stereocenters. The van der Waals surface area contributed by atoms with Gasteiger partial charge in [-0.3, -0.25) is 4.79 Å². The number of hydrogen-bond donors (Lipinski definition) is 1. The molecule has 1 aromatic heterocycles. The first-order valence-electron chi connectivity index (χ1n) is 9.99. The van der Waals surface area contributed by atoms with Crippen molar-refractivity contribution in [2.24, 2.45) is 0 Å². The fourth-order valence-electron chi connectivity index (χ4n) is 3.08. The van der Waals surface area contributed by atoms with E-state index >= 15 is 0 Å². The van der Waals surface area contributed by atoms with Gasteiger partial charge < -0.3 is 14.8 Å². The van der Waals surface area contributed by atoms with E-state index in [1.54, 1.807) is 23.9 Å². The van der Waals surface area contributed by atoms with Gasteiger partial charge in [0, 0.05) is 16.8 Å². The van der Waals surface area contributed by atoms with Gasteiger partial charge in [0.05, 0.1) is 19.4 Å². The van der Waals surface area contributed by atoms with Crippen molar-refractivity contribution in [2.45, 2.75) is 6.92 Å². The van der Waals surface area contributed by atoms with E-state index in [9.17, 15) is 9.18 Å². The smallest absolute Gasteiger partial charge is 0.336 e. The van der Waals surface area contributed by atoms with Crippen LogP contribution < -0.4 is 14.8 Å². The van der Waals surface area contributed by atoms with Crippen LogP contribution in [0.15, 0.2) is 72.8 Å². The lowest BCUT2D eigenvalue weighted by molar-refractivity contribution is 0.102. The van der Waals surface area contributed by atoms with Gasteiger partial charge in [0.2, 0.25) is 0 Å². The summed E-state index contributed by atoms with van der Waals surface area (Å²) in [5.41, 5.74) is 2.56. The van der Waals surface area contributed by atoms with Crippen molar-refractivity contribution in [3.05, 3.63) is 84.2 Å². The quantitative estimate of drug-likeness (QED) is 0.457. The van der Waals surface area contributed by atoms with Crippen LogP contribution >= 0.6 is 0 Å². The summed E-state index contributed by atoms with van der Waals surface area (Å²) in [5.74, 6) is 0.638. The molecule has 3 aromatic carbocycles. The highest BCUT2D eigenvalue weighted by atomic mass is 19.1. The topological polar surface area (TPSA) is 78.3 Å². The van der Waals surface area contributed by atoms with Crippen LogP contribution in [-0.4, -0.2) is 34.4 Å². The fraction of sp³-hybridized carbons (Fsp3) is 0.125. The molecule has 0 saturated carbocycles. The van der Waals surface area contributed by atoms with Crippen molar-refractivity contribution in [3.8, 4) is 28.8 Å². The molecular formula is C24H21FN4O3. The van der Waals surface area contributed by atoms with Crippen LogP contribution in [0.2, 0.25) is 0 Å². The first-order valence-corrected chi connectivity index (χ1v) is 9.99. The molecule has 8 heteroatoms. The van der Waals surface area contributed by atoms with Gasteiger partial charge in [0.1, 0.15) is 11.6 Å². The number of amides is 1. The van der Waals surface area contributed by atoms with Gasteiger partial charge in [-0.15, -0.1) is 5.10 Å². The molecular weight excluding hydrogens is 411 g/mol. The Kier molecular flexibility index (Phi) is 6.12. The van der Waals surface area contributed by atoms with E-state index in [-0.39, 0.29) is 11.9 Å². The monoisotopic (exact) mass is 432 g/mol. The van der Waals surface area contributed by atoms with Crippen LogP contribution in [0.3, 0.4) is 0 Å². The average Bonchev–Trinajstić information content (AvgIpc) is 3.24. The van der Waals surface area contributed by atoms with Crippen LogP contribution in [0.1, 0.15) is 17.3 Å². The van der Waals surface area contributed by atoms with Gasteiger partial charge in [-0.2, -0.15) is 4.98 Å². The number of nitrogens with one attached hydrogen (secondary N) is 1. The number of halogens is 1. The van der Waals surface area contributed by atoms with E-state index in [4.69, 9.17) is 9.47 Å². The molecule has 162 valence electrons. The van der Waals surface area contributed by atoms with E-state index < -0.39 is 5.82 Å². The number of methoxy groups -OCH3 is 1. The summed E-state index contributed by atoms with van der Waals surface area (Å²) >= 11 is 0. The van der Waals surface area contributed by atoms with Crippen molar-refractivity contribution in [1.29, 1.82) is 0 Å². The predicted molar refractivity (Wildman–Crippen MR) is 119 cm³/mol. The predicted octanol–water partition coefficient (Wildman–Crippen LogP) is 4.73. The lowest BCUT2D eigenvalue weighted by Crippen LogP contribution is -2.11. The lowest BCUT2D eigenvalue weighted by atomic mass is 10.2. The van der Waals surface area contributed by atoms with Crippen LogP contribution in [0, 0.1) is 5.82 Å². The van der Waals surface area contributed by atoms with Crippen molar-refractivity contribution in [1.82, 2.24) is 14.8 Å². The zero-order valence-electron chi connectivity index (χ0n) is 17.6. The molecule has 1 N–H and O–H groups in total. The van der Waals surface area contributed by atoms with Gasteiger partial charge in [-0.05, 0) is 79.7 Å². The lowest BCUT2D eigenvalue weighted by Gasteiger charge is -2.09. The number of carbonyl (C=O) groups is 1. The molecule has 0 spiro atoms. The summed E-state index contributed by atoms with van der Waals surface area (Å²) in [6.45, 7) is 2.31. The van der Waals surface area contributed by atoms with Crippen molar-refractivity contribution in [2.75, 3.05) is 19.0 Å². The summed E-state index contributed by atoms with van der Waals surface area (Å²) in [5, 5.41) is 7.26. The molecule has 0 bridgehead atoms. The maximum absolute atomic E-state index is 13.1. The number of hydrogen-bond acceptors (Lipinski definition) is 5. The van der Waals surface area contributed by atoms with Crippen LogP contribution in [0.4, 0.5) is 10.1 Å². The summed E-state index contributed by atoms with van der Waals surface area (Å²) < 4.78 is 25.5. The molecule has 32 heavy (non-hydrogen) atoms. The molecule has 0 aliphatic rings. The van der Waals surface area contributed by atoms with E-state index in [1.807, 2.05) is 43.3 Å². The Morgan fingerprint density at radius 2 is 1.69 bits per heavy atom. The molecule has 0 radical (unpaired) electrons. The van der Waals surface area contributed by atoms with Gasteiger partial charge in [-0.25, -0.2) is 9.07 Å². The first-order chi connectivity index (χ1) is 15.6. The molecule has 0 fully saturated rings. The normalized spacial score (nSPS) is 10.6. The highest BCUT2D eigenvalue weighted by Gasteiger charge is 2.15. The highest BCUT2D eigenvalue weighted by Crippen LogP contribution is 2.26. The summed E-state index contributed by atoms with van der Waals surface area (Å²) in [4.78, 5) is 16.9. The third kappa shape index (κ3) is 4.59. The van der Waals surface area contributed by atoms with E-state index in [1.165, 1.54) is 24.3 Å². The van der Waals surface area contributed by atoms with Gasteiger partial charge in [0.25, 0.3) is 5.91 Å². The van der Waals surface area contributed by atoms with E-state index in [0.29, 0.717) is 23.7 Å². The van der Waals surface area contributed by atoms with E-state index in [0.717, 1.165) is 17.0 Å². The van der Waals surface area contributed by atoms with Crippen LogP contribution in [0.5, 0.6) is 11.8 Å². The fourth-order valence-corrected chi connectivity index (χ4v) is 3.08. The Labute approximate surface area is 184 Å². The molecule has 1 amide bonds. The van der Waals surface area contributed by atoms with Gasteiger partial charge in [0.15, 0.2) is 5.82 Å². The number of nitrogens with zero attached hydrogens (tertiary/aromatic N) is 3. The number of ether oxygens (including phenoxy) is 2. The SMILES string of the molecule is CCOc1nc(-c2ccc(OC)cc2)n(-c2ccc(NC(=O)c3ccc(F)cc3)cc2)n1. The highest BCUT2D eigenvalue weighted by molar-refractivity contribution is 6.04. The molecule has 0 saturated heterocycles.